The van der Waals surface area contributed by atoms with Crippen LogP contribution in [-0.2, 0) is 11.8 Å². The topological polar surface area (TPSA) is 67.6 Å². The zero-order valence-electron chi connectivity index (χ0n) is 8.71. The fourth-order valence-corrected chi connectivity index (χ4v) is 2.26. The van der Waals surface area contributed by atoms with E-state index in [9.17, 15) is 0 Å². The highest BCUT2D eigenvalue weighted by Gasteiger charge is 2.37. The predicted molar refractivity (Wildman–Crippen MR) is 55.0 cm³/mol. The lowest BCUT2D eigenvalue weighted by Gasteiger charge is -2.22. The fourth-order valence-electron chi connectivity index (χ4n) is 2.26. The molecular weight excluding hydrogens is 176 g/mol. The average Bonchev–Trinajstić information content (AvgIpc) is 2.87. The molecule has 0 spiro atoms. The van der Waals surface area contributed by atoms with Gasteiger partial charge in [-0.25, -0.2) is 4.98 Å². The van der Waals surface area contributed by atoms with Crippen LogP contribution in [0.3, 0.4) is 0 Å². The zero-order valence-corrected chi connectivity index (χ0v) is 8.71. The van der Waals surface area contributed by atoms with Gasteiger partial charge in [0.15, 0.2) is 5.82 Å². The molecule has 0 bridgehead atoms. The Hall–Kier alpha value is -0.900. The van der Waals surface area contributed by atoms with Crippen molar-refractivity contribution in [2.24, 2.45) is 5.73 Å². The van der Waals surface area contributed by atoms with Crippen molar-refractivity contribution >= 4 is 0 Å². The van der Waals surface area contributed by atoms with Gasteiger partial charge in [-0.15, -0.1) is 0 Å². The van der Waals surface area contributed by atoms with Gasteiger partial charge in [0.2, 0.25) is 0 Å². The summed E-state index contributed by atoms with van der Waals surface area (Å²) in [6.45, 7) is 2.75. The molecule has 0 aliphatic heterocycles. The van der Waals surface area contributed by atoms with E-state index in [0.29, 0.717) is 6.54 Å². The van der Waals surface area contributed by atoms with Crippen LogP contribution in [0.4, 0.5) is 0 Å². The van der Waals surface area contributed by atoms with Gasteiger partial charge in [0, 0.05) is 18.4 Å². The second-order valence-corrected chi connectivity index (χ2v) is 4.15. The van der Waals surface area contributed by atoms with E-state index in [0.717, 1.165) is 30.9 Å². The van der Waals surface area contributed by atoms with Crippen molar-refractivity contribution in [3.63, 3.8) is 0 Å². The molecule has 4 nitrogen and oxygen atoms in total. The molecule has 3 N–H and O–H groups in total. The molecule has 0 amide bonds. The number of nitrogens with two attached hydrogens (primary N) is 1. The second-order valence-electron chi connectivity index (χ2n) is 4.15. The van der Waals surface area contributed by atoms with E-state index in [1.807, 2.05) is 0 Å². The maximum Gasteiger partial charge on any atom is 0.158 e. The number of aryl methyl sites for hydroxylation is 1. The Bertz CT molecular complexity index is 299. The fraction of sp³-hybridized carbons (Fsp3) is 0.800. The number of nitrogens with zero attached hydrogens (tertiary/aromatic N) is 2. The van der Waals surface area contributed by atoms with Crippen LogP contribution < -0.4 is 5.73 Å². The molecule has 1 fully saturated rings. The first-order valence-corrected chi connectivity index (χ1v) is 5.42. The van der Waals surface area contributed by atoms with Gasteiger partial charge in [-0.05, 0) is 12.8 Å². The van der Waals surface area contributed by atoms with Gasteiger partial charge in [0.25, 0.3) is 0 Å². The average molecular weight is 194 g/mol. The Labute approximate surface area is 84.3 Å². The first-order valence-electron chi connectivity index (χ1n) is 5.42. The summed E-state index contributed by atoms with van der Waals surface area (Å²) >= 11 is 0. The Kier molecular flexibility index (Phi) is 2.54. The molecule has 0 atom stereocenters. The van der Waals surface area contributed by atoms with Crippen LogP contribution in [0.2, 0.25) is 0 Å². The maximum absolute atomic E-state index is 5.86. The number of rotatable bonds is 3. The van der Waals surface area contributed by atoms with Crippen LogP contribution >= 0.6 is 0 Å². The molecular formula is C10H18N4. The summed E-state index contributed by atoms with van der Waals surface area (Å²) in [5, 5.41) is 7.27. The van der Waals surface area contributed by atoms with Crippen molar-refractivity contribution in [2.45, 2.75) is 44.4 Å². The minimum atomic E-state index is 0.0733. The standard InChI is InChI=1S/C10H18N4/c1-2-8-12-9(14-13-8)10(7-11)5-3-4-6-10/h2-7,11H2,1H3,(H,12,13,14). The van der Waals surface area contributed by atoms with E-state index in [2.05, 4.69) is 22.1 Å². The number of aromatic nitrogens is 3. The number of aromatic amines is 1. The summed E-state index contributed by atoms with van der Waals surface area (Å²) in [7, 11) is 0. The molecule has 1 aromatic heterocycles. The lowest BCUT2D eigenvalue weighted by molar-refractivity contribution is 0.426. The van der Waals surface area contributed by atoms with Crippen molar-refractivity contribution in [3.8, 4) is 0 Å². The number of hydrogen-bond acceptors (Lipinski definition) is 3. The highest BCUT2D eigenvalue weighted by Crippen LogP contribution is 2.38. The van der Waals surface area contributed by atoms with Gasteiger partial charge in [-0.3, -0.25) is 5.10 Å². The zero-order chi connectivity index (χ0) is 10.0. The highest BCUT2D eigenvalue weighted by atomic mass is 15.2. The molecule has 14 heavy (non-hydrogen) atoms. The third-order valence-electron chi connectivity index (χ3n) is 3.29. The molecule has 1 aliphatic rings. The largest absolute Gasteiger partial charge is 0.329 e. The van der Waals surface area contributed by atoms with Crippen LogP contribution in [0.5, 0.6) is 0 Å². The van der Waals surface area contributed by atoms with Gasteiger partial charge in [-0.1, -0.05) is 19.8 Å². The monoisotopic (exact) mass is 194 g/mol. The molecule has 2 rings (SSSR count). The van der Waals surface area contributed by atoms with E-state index < -0.39 is 0 Å². The summed E-state index contributed by atoms with van der Waals surface area (Å²) in [6, 6.07) is 0. The van der Waals surface area contributed by atoms with Crippen molar-refractivity contribution in [1.82, 2.24) is 15.2 Å². The molecule has 1 aromatic rings. The lowest BCUT2D eigenvalue weighted by Crippen LogP contribution is -2.33. The Balaban J connectivity index is 2.26. The smallest absolute Gasteiger partial charge is 0.158 e. The highest BCUT2D eigenvalue weighted by molar-refractivity contribution is 5.11. The predicted octanol–water partition coefficient (Wildman–Crippen LogP) is 1.14. The van der Waals surface area contributed by atoms with Crippen molar-refractivity contribution < 1.29 is 0 Å². The number of hydrogen-bond donors (Lipinski definition) is 2. The molecule has 1 saturated carbocycles. The molecule has 0 aromatic carbocycles. The van der Waals surface area contributed by atoms with Crippen molar-refractivity contribution in [3.05, 3.63) is 11.6 Å². The molecule has 0 unspecified atom stereocenters. The van der Waals surface area contributed by atoms with Gasteiger partial charge < -0.3 is 5.73 Å². The van der Waals surface area contributed by atoms with Crippen LogP contribution in [-0.4, -0.2) is 21.7 Å². The molecule has 0 saturated heterocycles. The molecule has 1 aliphatic carbocycles. The number of H-pyrrole nitrogens is 1. The van der Waals surface area contributed by atoms with Gasteiger partial charge >= 0.3 is 0 Å². The van der Waals surface area contributed by atoms with E-state index in [1.165, 1.54) is 12.8 Å². The molecule has 78 valence electrons. The van der Waals surface area contributed by atoms with Gasteiger partial charge in [0.05, 0.1) is 0 Å². The van der Waals surface area contributed by atoms with Crippen molar-refractivity contribution in [1.29, 1.82) is 0 Å². The van der Waals surface area contributed by atoms with E-state index >= 15 is 0 Å². The Morgan fingerprint density at radius 2 is 2.14 bits per heavy atom. The lowest BCUT2D eigenvalue weighted by atomic mass is 9.85. The first kappa shape index (κ1) is 9.65. The maximum atomic E-state index is 5.86. The second kappa shape index (κ2) is 3.69. The van der Waals surface area contributed by atoms with Gasteiger partial charge in [-0.2, -0.15) is 5.10 Å². The van der Waals surface area contributed by atoms with Crippen molar-refractivity contribution in [2.75, 3.05) is 6.54 Å². The molecule has 1 heterocycles. The summed E-state index contributed by atoms with van der Waals surface area (Å²) in [4.78, 5) is 4.51. The third kappa shape index (κ3) is 1.43. The Morgan fingerprint density at radius 3 is 2.64 bits per heavy atom. The normalized spacial score (nSPS) is 20.1. The van der Waals surface area contributed by atoms with Gasteiger partial charge in [0.1, 0.15) is 5.82 Å². The van der Waals surface area contributed by atoms with E-state index in [1.54, 1.807) is 0 Å². The van der Waals surface area contributed by atoms with E-state index in [4.69, 9.17) is 5.73 Å². The van der Waals surface area contributed by atoms with Crippen LogP contribution in [0, 0.1) is 0 Å². The molecule has 0 radical (unpaired) electrons. The summed E-state index contributed by atoms with van der Waals surface area (Å²) in [5.41, 5.74) is 5.93. The van der Waals surface area contributed by atoms with Crippen LogP contribution in [0.25, 0.3) is 0 Å². The first-order chi connectivity index (χ1) is 6.80. The Morgan fingerprint density at radius 1 is 1.43 bits per heavy atom. The summed E-state index contributed by atoms with van der Waals surface area (Å²) < 4.78 is 0. The van der Waals surface area contributed by atoms with Crippen LogP contribution in [0.15, 0.2) is 0 Å². The van der Waals surface area contributed by atoms with E-state index in [-0.39, 0.29) is 5.41 Å². The SMILES string of the molecule is CCc1nc(C2(CN)CCCC2)n[nH]1. The van der Waals surface area contributed by atoms with Crippen LogP contribution in [0.1, 0.15) is 44.3 Å². The summed E-state index contributed by atoms with van der Waals surface area (Å²) in [5.74, 6) is 1.91. The number of nitrogens with one attached hydrogen (secondary N) is 1. The summed E-state index contributed by atoms with van der Waals surface area (Å²) in [6.07, 6.45) is 5.71. The molecule has 4 heteroatoms. The quantitative estimate of drug-likeness (QED) is 0.758. The minimum absolute atomic E-state index is 0.0733. The third-order valence-corrected chi connectivity index (χ3v) is 3.29. The minimum Gasteiger partial charge on any atom is -0.329 e.